The number of piperidine rings is 1. The molecule has 1 saturated carbocycles. The summed E-state index contributed by atoms with van der Waals surface area (Å²) in [5.74, 6) is -0.515. The highest BCUT2D eigenvalue weighted by atomic mass is 32.2. The van der Waals surface area contributed by atoms with Crippen LogP contribution in [-0.4, -0.2) is 68.0 Å². The van der Waals surface area contributed by atoms with Gasteiger partial charge in [-0.2, -0.15) is 18.2 Å². The van der Waals surface area contributed by atoms with Gasteiger partial charge in [0.15, 0.2) is 0 Å². The Morgan fingerprint density at radius 2 is 1.88 bits per heavy atom. The highest BCUT2D eigenvalue weighted by Gasteiger charge is 2.44. The molecule has 2 fully saturated rings. The SMILES string of the molecule is Cn1ccc2cc(NC(=O)c3ccc(S(=O)(=O)NCCO)cc3N3CCC4(CC3)CC4)nc(OCCC(F)(F)F)c21. The summed E-state index contributed by atoms with van der Waals surface area (Å²) in [6, 6.07) is 7.54. The number of anilines is 2. The van der Waals surface area contributed by atoms with Crippen molar-refractivity contribution < 1.29 is 36.2 Å². The van der Waals surface area contributed by atoms with Crippen molar-refractivity contribution in [3.05, 3.63) is 42.1 Å². The molecule has 3 N–H and O–H groups in total. The van der Waals surface area contributed by atoms with Crippen molar-refractivity contribution in [1.82, 2.24) is 14.3 Å². The van der Waals surface area contributed by atoms with Gasteiger partial charge in [0, 0.05) is 38.3 Å². The summed E-state index contributed by atoms with van der Waals surface area (Å²) in [6.07, 6.45) is 0.400. The lowest BCUT2D eigenvalue weighted by Gasteiger charge is -2.35. The van der Waals surface area contributed by atoms with E-state index in [2.05, 4.69) is 15.0 Å². The normalized spacial score (nSPS) is 16.8. The Morgan fingerprint density at radius 3 is 2.54 bits per heavy atom. The summed E-state index contributed by atoms with van der Waals surface area (Å²) >= 11 is 0. The second kappa shape index (κ2) is 11.1. The minimum atomic E-state index is -4.39. The first-order chi connectivity index (χ1) is 19.4. The summed E-state index contributed by atoms with van der Waals surface area (Å²) in [5.41, 5.74) is 1.51. The smallest absolute Gasteiger partial charge is 0.392 e. The zero-order valence-corrected chi connectivity index (χ0v) is 23.3. The van der Waals surface area contributed by atoms with E-state index in [0.717, 1.165) is 12.8 Å². The van der Waals surface area contributed by atoms with Crippen LogP contribution in [-0.2, 0) is 17.1 Å². The van der Waals surface area contributed by atoms with E-state index in [-0.39, 0.29) is 35.3 Å². The van der Waals surface area contributed by atoms with Crippen LogP contribution < -0.4 is 19.7 Å². The molecular weight excluding hydrogens is 563 g/mol. The van der Waals surface area contributed by atoms with Crippen LogP contribution in [0.5, 0.6) is 5.88 Å². The molecule has 0 radical (unpaired) electrons. The van der Waals surface area contributed by atoms with E-state index in [9.17, 15) is 26.4 Å². The van der Waals surface area contributed by atoms with Crippen molar-refractivity contribution in [2.45, 2.75) is 43.2 Å². The molecule has 10 nitrogen and oxygen atoms in total. The number of fused-ring (bicyclic) bond motifs is 1. The molecule has 3 aromatic rings. The van der Waals surface area contributed by atoms with Crippen molar-refractivity contribution >= 4 is 38.3 Å². The van der Waals surface area contributed by atoms with E-state index < -0.39 is 35.1 Å². The van der Waals surface area contributed by atoms with Gasteiger partial charge in [-0.05, 0) is 61.4 Å². The lowest BCUT2D eigenvalue weighted by atomic mass is 9.93. The minimum Gasteiger partial charge on any atom is -0.476 e. The van der Waals surface area contributed by atoms with Crippen molar-refractivity contribution in [1.29, 1.82) is 0 Å². The third kappa shape index (κ3) is 6.60. The molecule has 1 aromatic carbocycles. The number of aromatic nitrogens is 2. The number of carbonyl (C=O) groups excluding carboxylic acids is 1. The summed E-state index contributed by atoms with van der Waals surface area (Å²) in [5, 5.41) is 12.4. The second-order valence-electron chi connectivity index (χ2n) is 10.6. The van der Waals surface area contributed by atoms with Crippen LogP contribution >= 0.6 is 0 Å². The first kappa shape index (κ1) is 29.1. The van der Waals surface area contributed by atoms with Gasteiger partial charge in [-0.25, -0.2) is 13.1 Å². The van der Waals surface area contributed by atoms with Gasteiger partial charge in [-0.3, -0.25) is 4.79 Å². The lowest BCUT2D eigenvalue weighted by molar-refractivity contribution is -0.139. The quantitative estimate of drug-likeness (QED) is 0.326. The molecule has 14 heteroatoms. The molecule has 0 bridgehead atoms. The third-order valence-corrected chi connectivity index (χ3v) is 9.20. The number of alkyl halides is 3. The number of ether oxygens (including phenoxy) is 1. The number of pyridine rings is 1. The molecule has 2 aliphatic rings. The average molecular weight is 596 g/mol. The van der Waals surface area contributed by atoms with Gasteiger partial charge in [-0.1, -0.05) is 0 Å². The minimum absolute atomic E-state index is 0.0339. The molecular formula is C27H32F3N5O5S. The highest BCUT2D eigenvalue weighted by molar-refractivity contribution is 7.89. The van der Waals surface area contributed by atoms with Crippen LogP contribution in [0.2, 0.25) is 0 Å². The molecule has 1 saturated heterocycles. The molecule has 41 heavy (non-hydrogen) atoms. The Balaban J connectivity index is 1.44. The van der Waals surface area contributed by atoms with E-state index in [1.54, 1.807) is 29.9 Å². The predicted molar refractivity (Wildman–Crippen MR) is 147 cm³/mol. The van der Waals surface area contributed by atoms with Crippen molar-refractivity contribution in [2.75, 3.05) is 43.1 Å². The number of sulfonamides is 1. The van der Waals surface area contributed by atoms with Crippen molar-refractivity contribution in [3.63, 3.8) is 0 Å². The molecule has 1 spiro atoms. The van der Waals surface area contributed by atoms with E-state index in [1.807, 2.05) is 4.90 Å². The van der Waals surface area contributed by atoms with Crippen LogP contribution in [0.4, 0.5) is 24.7 Å². The van der Waals surface area contributed by atoms with Gasteiger partial charge in [0.1, 0.15) is 11.3 Å². The van der Waals surface area contributed by atoms with Crippen molar-refractivity contribution in [3.8, 4) is 5.88 Å². The van der Waals surface area contributed by atoms with E-state index in [1.165, 1.54) is 31.0 Å². The number of halogens is 3. The number of rotatable bonds is 10. The van der Waals surface area contributed by atoms with E-state index >= 15 is 0 Å². The van der Waals surface area contributed by atoms with Gasteiger partial charge >= 0.3 is 6.18 Å². The molecule has 0 unspecified atom stereocenters. The molecule has 2 aromatic heterocycles. The molecule has 1 aliphatic heterocycles. The number of aryl methyl sites for hydroxylation is 1. The standard InChI is InChI=1S/C27H32F3N5O5S/c1-34-11-4-18-16-22(33-25(23(18)34)40-15-9-27(28,29)30)32-24(37)20-3-2-19(41(38,39)31-10-14-36)17-21(20)35-12-7-26(5-6-26)8-13-35/h2-4,11,16-17,31,36H,5-10,12-15H2,1H3,(H,32,33,37). The van der Waals surface area contributed by atoms with Gasteiger partial charge < -0.3 is 24.6 Å². The molecule has 222 valence electrons. The fraction of sp³-hybridized carbons (Fsp3) is 0.481. The highest BCUT2D eigenvalue weighted by Crippen LogP contribution is 2.54. The van der Waals surface area contributed by atoms with Crippen LogP contribution in [0.1, 0.15) is 42.5 Å². The van der Waals surface area contributed by atoms with E-state index in [0.29, 0.717) is 35.1 Å². The average Bonchev–Trinajstić information content (AvgIpc) is 3.57. The van der Waals surface area contributed by atoms with Crippen molar-refractivity contribution in [2.24, 2.45) is 12.5 Å². The summed E-state index contributed by atoms with van der Waals surface area (Å²) in [6.45, 7) is 0.197. The van der Waals surface area contributed by atoms with E-state index in [4.69, 9.17) is 9.84 Å². The number of carbonyl (C=O) groups is 1. The fourth-order valence-corrected chi connectivity index (χ4v) is 6.23. The van der Waals surface area contributed by atoms with Gasteiger partial charge in [0.05, 0.1) is 35.8 Å². The number of hydrogen-bond acceptors (Lipinski definition) is 7. The maximum atomic E-state index is 13.6. The number of aliphatic hydroxyl groups excluding tert-OH is 1. The predicted octanol–water partition coefficient (Wildman–Crippen LogP) is 3.81. The van der Waals surface area contributed by atoms with Crippen LogP contribution in [0.15, 0.2) is 41.4 Å². The zero-order chi connectivity index (χ0) is 29.4. The molecule has 3 heterocycles. The third-order valence-electron chi connectivity index (χ3n) is 7.74. The summed E-state index contributed by atoms with van der Waals surface area (Å²) < 4.78 is 73.1. The van der Waals surface area contributed by atoms with Crippen LogP contribution in [0.3, 0.4) is 0 Å². The van der Waals surface area contributed by atoms with Gasteiger partial charge in [0.2, 0.25) is 15.9 Å². The van der Waals surface area contributed by atoms with Gasteiger partial charge in [0.25, 0.3) is 5.91 Å². The monoisotopic (exact) mass is 595 g/mol. The topological polar surface area (TPSA) is 126 Å². The van der Waals surface area contributed by atoms with Crippen LogP contribution in [0, 0.1) is 5.41 Å². The Bertz CT molecular complexity index is 1540. The van der Waals surface area contributed by atoms with Crippen LogP contribution in [0.25, 0.3) is 10.9 Å². The Labute approximate surface area is 235 Å². The number of aliphatic hydroxyl groups is 1. The Hall–Kier alpha value is -3.36. The Kier molecular flexibility index (Phi) is 7.92. The lowest BCUT2D eigenvalue weighted by Crippen LogP contribution is -2.36. The number of nitrogens with zero attached hydrogens (tertiary/aromatic N) is 3. The first-order valence-corrected chi connectivity index (χ1v) is 14.8. The summed E-state index contributed by atoms with van der Waals surface area (Å²) in [7, 11) is -2.21. The second-order valence-corrected chi connectivity index (χ2v) is 12.4. The van der Waals surface area contributed by atoms with Gasteiger partial charge in [-0.15, -0.1) is 0 Å². The number of nitrogens with one attached hydrogen (secondary N) is 2. The number of hydrogen-bond donors (Lipinski definition) is 3. The maximum absolute atomic E-state index is 13.6. The Morgan fingerprint density at radius 1 is 1.15 bits per heavy atom. The first-order valence-electron chi connectivity index (χ1n) is 13.4. The fourth-order valence-electron chi connectivity index (χ4n) is 5.19. The molecule has 1 amide bonds. The molecule has 0 atom stereocenters. The molecule has 5 rings (SSSR count). The zero-order valence-electron chi connectivity index (χ0n) is 22.5. The summed E-state index contributed by atoms with van der Waals surface area (Å²) in [4.78, 5) is 19.8. The largest absolute Gasteiger partial charge is 0.476 e. The number of amides is 1. The maximum Gasteiger partial charge on any atom is 0.392 e. The molecule has 1 aliphatic carbocycles. The number of benzene rings is 1.